The number of aliphatic hydroxyl groups is 5. The van der Waals surface area contributed by atoms with Crippen molar-refractivity contribution in [3.8, 4) is 0 Å². The third-order valence-corrected chi connectivity index (χ3v) is 13.4. The standard InChI is InChI=1S/C64H109NO8/c1-3-5-7-9-11-13-15-17-19-20-21-22-23-24-25-26-27-28-29-30-31-32-33-34-35-36-37-38-40-42-44-46-48-50-52-54-60(68)65-57(56-72-64-63(71)62(70)61(69)59(55-66)73-64)58(67)53-51-49-47-45-43-41-39-18-16-14-12-10-8-6-4-2/h5,7,11,13,17,19,21-22,24-25,27-28,30-31,33-34,36-37,57-59,61-64,66-67,69-71H,3-4,6,8-10,12,14-16,18,20,23,26,29,32,35,38-56H2,1-2H3,(H,65,68)/b7-5-,13-11-,19-17-,22-21-,25-24-,28-27-,31-30-,34-33-,37-36-. The molecule has 0 bridgehead atoms. The van der Waals surface area contributed by atoms with Gasteiger partial charge in [0, 0.05) is 6.42 Å². The normalized spacial score (nSPS) is 19.9. The van der Waals surface area contributed by atoms with Crippen molar-refractivity contribution in [2.45, 2.75) is 275 Å². The van der Waals surface area contributed by atoms with Crippen molar-refractivity contribution in [2.75, 3.05) is 13.2 Å². The van der Waals surface area contributed by atoms with Crippen LogP contribution in [0.4, 0.5) is 0 Å². The van der Waals surface area contributed by atoms with E-state index in [1.165, 1.54) is 96.3 Å². The minimum Gasteiger partial charge on any atom is -0.394 e. The number of hydrogen-bond donors (Lipinski definition) is 6. The van der Waals surface area contributed by atoms with Crippen LogP contribution in [-0.4, -0.2) is 87.5 Å². The van der Waals surface area contributed by atoms with E-state index in [4.69, 9.17) is 9.47 Å². The molecule has 0 aromatic rings. The van der Waals surface area contributed by atoms with E-state index >= 15 is 0 Å². The van der Waals surface area contributed by atoms with Crippen LogP contribution < -0.4 is 5.32 Å². The SMILES string of the molecule is CC/C=C\C/C=C\C/C=C\C/C=C\C/C=C\C/C=C\C/C=C\C/C=C\C/C=C\CCCCCCCCCC(=O)NC(COC1OC(CO)C(O)C(O)C1O)C(O)CCCCCCCCCCCCCCCCC. The number of allylic oxidation sites excluding steroid dienone is 18. The topological polar surface area (TPSA) is 149 Å². The average Bonchev–Trinajstić information content (AvgIpc) is 3.39. The number of aliphatic hydroxyl groups excluding tert-OH is 5. The minimum absolute atomic E-state index is 0.148. The molecule has 0 aromatic heterocycles. The molecule has 9 heteroatoms. The monoisotopic (exact) mass is 1020 g/mol. The summed E-state index contributed by atoms with van der Waals surface area (Å²) in [7, 11) is 0. The van der Waals surface area contributed by atoms with Crippen LogP contribution >= 0.6 is 0 Å². The van der Waals surface area contributed by atoms with E-state index in [9.17, 15) is 30.3 Å². The van der Waals surface area contributed by atoms with Gasteiger partial charge < -0.3 is 40.3 Å². The predicted octanol–water partition coefficient (Wildman–Crippen LogP) is 15.0. The van der Waals surface area contributed by atoms with Crippen molar-refractivity contribution in [3.05, 3.63) is 109 Å². The van der Waals surface area contributed by atoms with Crippen LogP contribution in [0.3, 0.4) is 0 Å². The lowest BCUT2D eigenvalue weighted by Gasteiger charge is -2.40. The summed E-state index contributed by atoms with van der Waals surface area (Å²) in [6.45, 7) is 3.71. The minimum atomic E-state index is -1.56. The van der Waals surface area contributed by atoms with Gasteiger partial charge in [0.05, 0.1) is 25.4 Å². The van der Waals surface area contributed by atoms with E-state index in [0.29, 0.717) is 12.8 Å². The number of hydrogen-bond acceptors (Lipinski definition) is 8. The van der Waals surface area contributed by atoms with Crippen LogP contribution in [0.5, 0.6) is 0 Å². The summed E-state index contributed by atoms with van der Waals surface area (Å²) in [5.74, 6) is -0.159. The molecule has 7 unspecified atom stereocenters. The molecule has 1 amide bonds. The number of nitrogens with one attached hydrogen (secondary N) is 1. The predicted molar refractivity (Wildman–Crippen MR) is 308 cm³/mol. The second-order valence-corrected chi connectivity index (χ2v) is 20.1. The first kappa shape index (κ1) is 67.9. The molecule has 1 heterocycles. The van der Waals surface area contributed by atoms with Gasteiger partial charge in [-0.2, -0.15) is 0 Å². The Hall–Kier alpha value is -3.15. The zero-order valence-electron chi connectivity index (χ0n) is 46.4. The highest BCUT2D eigenvalue weighted by Crippen LogP contribution is 2.23. The largest absolute Gasteiger partial charge is 0.394 e. The summed E-state index contributed by atoms with van der Waals surface area (Å²) in [6, 6.07) is -0.733. The van der Waals surface area contributed by atoms with E-state index in [0.717, 1.165) is 109 Å². The molecule has 1 aliphatic heterocycles. The number of unbranched alkanes of at least 4 members (excludes halogenated alkanes) is 21. The molecule has 1 aliphatic rings. The van der Waals surface area contributed by atoms with Crippen LogP contribution in [0.2, 0.25) is 0 Å². The van der Waals surface area contributed by atoms with Gasteiger partial charge in [0.1, 0.15) is 24.4 Å². The van der Waals surface area contributed by atoms with Crippen LogP contribution in [0.25, 0.3) is 0 Å². The Balaban J connectivity index is 2.19. The fraction of sp³-hybridized carbons (Fsp3) is 0.703. The number of carbonyl (C=O) groups is 1. The Morgan fingerprint density at radius 2 is 0.849 bits per heavy atom. The van der Waals surface area contributed by atoms with Crippen LogP contribution in [0.15, 0.2) is 109 Å². The lowest BCUT2D eigenvalue weighted by Crippen LogP contribution is -2.60. The van der Waals surface area contributed by atoms with Gasteiger partial charge in [-0.25, -0.2) is 0 Å². The average molecular weight is 1020 g/mol. The summed E-state index contributed by atoms with van der Waals surface area (Å²) >= 11 is 0. The smallest absolute Gasteiger partial charge is 0.220 e. The summed E-state index contributed by atoms with van der Waals surface area (Å²) in [5, 5.41) is 54.6. The Morgan fingerprint density at radius 1 is 0.479 bits per heavy atom. The van der Waals surface area contributed by atoms with Crippen LogP contribution in [0, 0.1) is 0 Å². The van der Waals surface area contributed by atoms with Gasteiger partial charge in [-0.1, -0.05) is 252 Å². The molecule has 6 N–H and O–H groups in total. The van der Waals surface area contributed by atoms with Crippen molar-refractivity contribution in [2.24, 2.45) is 0 Å². The zero-order chi connectivity index (χ0) is 52.9. The van der Waals surface area contributed by atoms with Gasteiger partial charge in [0.25, 0.3) is 0 Å². The Labute approximate surface area is 446 Å². The highest BCUT2D eigenvalue weighted by atomic mass is 16.7. The van der Waals surface area contributed by atoms with Crippen molar-refractivity contribution in [1.82, 2.24) is 5.32 Å². The van der Waals surface area contributed by atoms with E-state index in [1.807, 2.05) is 0 Å². The van der Waals surface area contributed by atoms with E-state index < -0.39 is 49.5 Å². The first-order valence-electron chi connectivity index (χ1n) is 29.6. The second-order valence-electron chi connectivity index (χ2n) is 20.1. The molecule has 1 fully saturated rings. The van der Waals surface area contributed by atoms with Gasteiger partial charge in [-0.05, 0) is 83.5 Å². The summed E-state index contributed by atoms with van der Waals surface area (Å²) in [5.41, 5.74) is 0. The van der Waals surface area contributed by atoms with E-state index in [-0.39, 0.29) is 12.5 Å². The molecule has 1 saturated heterocycles. The zero-order valence-corrected chi connectivity index (χ0v) is 46.4. The number of rotatable bonds is 49. The van der Waals surface area contributed by atoms with Crippen molar-refractivity contribution in [1.29, 1.82) is 0 Å². The molecule has 1 rings (SSSR count). The molecule has 0 radical (unpaired) electrons. The van der Waals surface area contributed by atoms with Gasteiger partial charge in [-0.15, -0.1) is 0 Å². The molecule has 73 heavy (non-hydrogen) atoms. The molecule has 7 atom stereocenters. The maximum atomic E-state index is 13.1. The summed E-state index contributed by atoms with van der Waals surface area (Å²) in [6.07, 6.45) is 69.7. The van der Waals surface area contributed by atoms with Gasteiger partial charge in [-0.3, -0.25) is 4.79 Å². The Morgan fingerprint density at radius 3 is 1.26 bits per heavy atom. The lowest BCUT2D eigenvalue weighted by molar-refractivity contribution is -0.302. The quantitative estimate of drug-likeness (QED) is 0.0261. The van der Waals surface area contributed by atoms with E-state index in [1.54, 1.807) is 0 Å². The highest BCUT2D eigenvalue weighted by Gasteiger charge is 2.44. The number of ether oxygens (including phenoxy) is 2. The third kappa shape index (κ3) is 41.7. The molecular weight excluding hydrogens is 911 g/mol. The summed E-state index contributed by atoms with van der Waals surface area (Å²) < 4.78 is 11.3. The van der Waals surface area contributed by atoms with Gasteiger partial charge in [0.2, 0.25) is 5.91 Å². The third-order valence-electron chi connectivity index (χ3n) is 13.4. The maximum Gasteiger partial charge on any atom is 0.220 e. The molecule has 0 saturated carbocycles. The van der Waals surface area contributed by atoms with Crippen molar-refractivity contribution >= 4 is 5.91 Å². The van der Waals surface area contributed by atoms with Crippen LogP contribution in [0.1, 0.15) is 232 Å². The van der Waals surface area contributed by atoms with Gasteiger partial charge in [0.15, 0.2) is 6.29 Å². The van der Waals surface area contributed by atoms with Crippen molar-refractivity contribution < 1.29 is 39.8 Å². The second kappa shape index (κ2) is 52.3. The number of carbonyl (C=O) groups excluding carboxylic acids is 1. The fourth-order valence-electron chi connectivity index (χ4n) is 8.74. The highest BCUT2D eigenvalue weighted by molar-refractivity contribution is 5.76. The van der Waals surface area contributed by atoms with Gasteiger partial charge >= 0.3 is 0 Å². The van der Waals surface area contributed by atoms with Crippen molar-refractivity contribution in [3.63, 3.8) is 0 Å². The first-order chi connectivity index (χ1) is 35.8. The number of amides is 1. The summed E-state index contributed by atoms with van der Waals surface area (Å²) in [4.78, 5) is 13.1. The molecular formula is C64H109NO8. The van der Waals surface area contributed by atoms with E-state index in [2.05, 4.69) is 129 Å². The maximum absolute atomic E-state index is 13.1. The molecule has 418 valence electrons. The first-order valence-corrected chi connectivity index (χ1v) is 29.6. The molecule has 0 aromatic carbocycles. The Kier molecular flexibility index (Phi) is 48.6. The fourth-order valence-corrected chi connectivity index (χ4v) is 8.74. The Bertz CT molecular complexity index is 1510. The molecule has 9 nitrogen and oxygen atoms in total. The van der Waals surface area contributed by atoms with Crippen LogP contribution in [-0.2, 0) is 14.3 Å². The molecule has 0 aliphatic carbocycles. The lowest BCUT2D eigenvalue weighted by atomic mass is 9.99. The molecule has 0 spiro atoms.